The lowest BCUT2D eigenvalue weighted by atomic mass is 9.96. The number of aromatic nitrogens is 1. The van der Waals surface area contributed by atoms with Crippen molar-refractivity contribution in [3.8, 4) is 61.3 Å². The number of hydrogen-bond donors (Lipinski definition) is 0. The summed E-state index contributed by atoms with van der Waals surface area (Å²) >= 11 is 0. The Bertz CT molecular complexity index is 4300. The number of furan rings is 1. The SMILES string of the molecule is c1cc(-c2ccc(N(c3ccc(-c4ccc(-c5cccc(-n6c7ccccc7c7ccccc76)c5)cc4)cc3)c3ccc(-c4ccc5ccccc5c4)cc3)cc2)cc(-c2cccc3oc4ccccc4c23)c1. The third-order valence-electron chi connectivity index (χ3n) is 14.6. The van der Waals surface area contributed by atoms with Crippen molar-refractivity contribution in [3.63, 3.8) is 0 Å². The molecule has 2 heterocycles. The van der Waals surface area contributed by atoms with E-state index in [2.05, 4.69) is 276 Å². The molecule has 0 unspecified atom stereocenters. The van der Waals surface area contributed by atoms with Crippen LogP contribution in [0, 0.1) is 0 Å². The number of hydrogen-bond acceptors (Lipinski definition) is 2. The van der Waals surface area contributed by atoms with Gasteiger partial charge in [0, 0.05) is 44.3 Å². The molecular formula is C70H46N2O. The summed E-state index contributed by atoms with van der Waals surface area (Å²) in [5, 5.41) is 7.29. The highest BCUT2D eigenvalue weighted by molar-refractivity contribution is 6.13. The molecule has 12 aromatic carbocycles. The number of para-hydroxylation sites is 3. The van der Waals surface area contributed by atoms with E-state index >= 15 is 0 Å². The minimum Gasteiger partial charge on any atom is -0.456 e. The van der Waals surface area contributed by atoms with Gasteiger partial charge >= 0.3 is 0 Å². The van der Waals surface area contributed by atoms with Crippen LogP contribution >= 0.6 is 0 Å². The largest absolute Gasteiger partial charge is 0.456 e. The first-order chi connectivity index (χ1) is 36.2. The summed E-state index contributed by atoms with van der Waals surface area (Å²) in [6, 6.07) is 101. The van der Waals surface area contributed by atoms with Gasteiger partial charge in [-0.05, 0) is 151 Å². The van der Waals surface area contributed by atoms with Crippen LogP contribution in [0.1, 0.15) is 0 Å². The van der Waals surface area contributed by atoms with Crippen LogP contribution in [0.2, 0.25) is 0 Å². The zero-order valence-electron chi connectivity index (χ0n) is 39.9. The topological polar surface area (TPSA) is 21.3 Å². The Morgan fingerprint density at radius 3 is 1.34 bits per heavy atom. The average molecular weight is 931 g/mol. The third kappa shape index (κ3) is 7.54. The quantitative estimate of drug-likeness (QED) is 0.144. The van der Waals surface area contributed by atoms with E-state index in [1.807, 2.05) is 12.1 Å². The summed E-state index contributed by atoms with van der Waals surface area (Å²) in [5.41, 5.74) is 20.3. The fraction of sp³-hybridized carbons (Fsp3) is 0. The molecule has 0 radical (unpaired) electrons. The Hall–Kier alpha value is -9.70. The summed E-state index contributed by atoms with van der Waals surface area (Å²) in [5.74, 6) is 0. The number of benzene rings is 12. The van der Waals surface area contributed by atoms with Gasteiger partial charge in [-0.25, -0.2) is 0 Å². The second-order valence-electron chi connectivity index (χ2n) is 18.9. The van der Waals surface area contributed by atoms with E-state index in [0.717, 1.165) is 66.9 Å². The predicted molar refractivity (Wildman–Crippen MR) is 307 cm³/mol. The summed E-state index contributed by atoms with van der Waals surface area (Å²) in [4.78, 5) is 2.35. The lowest BCUT2D eigenvalue weighted by molar-refractivity contribution is 0.669. The normalized spacial score (nSPS) is 11.6. The van der Waals surface area contributed by atoms with Gasteiger partial charge in [0.05, 0.1) is 11.0 Å². The Kier molecular flexibility index (Phi) is 10.2. The third-order valence-corrected chi connectivity index (χ3v) is 14.6. The van der Waals surface area contributed by atoms with Crippen LogP contribution in [0.4, 0.5) is 17.1 Å². The fourth-order valence-corrected chi connectivity index (χ4v) is 11.0. The molecule has 0 spiro atoms. The van der Waals surface area contributed by atoms with E-state index in [1.54, 1.807) is 0 Å². The molecule has 0 bridgehead atoms. The molecule has 0 atom stereocenters. The van der Waals surface area contributed by atoms with Gasteiger partial charge in [0.25, 0.3) is 0 Å². The molecule has 0 amide bonds. The molecule has 0 saturated carbocycles. The van der Waals surface area contributed by atoms with Gasteiger partial charge in [0.15, 0.2) is 0 Å². The second-order valence-corrected chi connectivity index (χ2v) is 18.9. The first-order valence-electron chi connectivity index (χ1n) is 25.0. The summed E-state index contributed by atoms with van der Waals surface area (Å²) in [6.45, 7) is 0. The predicted octanol–water partition coefficient (Wildman–Crippen LogP) is 19.6. The van der Waals surface area contributed by atoms with Crippen LogP contribution in [0.3, 0.4) is 0 Å². The van der Waals surface area contributed by atoms with E-state index in [4.69, 9.17) is 4.42 Å². The lowest BCUT2D eigenvalue weighted by Crippen LogP contribution is -2.09. The standard InChI is InChI=1S/C70H46N2O/c1-2-13-53-44-56(31-30-47(53)12-1)52-36-42-60(43-37-52)71(59-40-34-51(35-41-59)54-14-9-16-57(45-54)62-21-11-25-69-70(62)65-20-5-8-24-68(65)73-69)58-38-32-49(33-39-58)48-26-28-50(29-27-48)55-15-10-17-61(46-55)72-66-22-6-3-18-63(66)64-19-4-7-23-67(64)72/h1-46H. The van der Waals surface area contributed by atoms with Crippen LogP contribution in [-0.4, -0.2) is 4.57 Å². The summed E-state index contributed by atoms with van der Waals surface area (Å²) in [7, 11) is 0. The zero-order valence-corrected chi connectivity index (χ0v) is 39.9. The first-order valence-corrected chi connectivity index (χ1v) is 25.0. The van der Waals surface area contributed by atoms with Crippen LogP contribution < -0.4 is 4.90 Å². The van der Waals surface area contributed by atoms with Crippen LogP contribution in [0.5, 0.6) is 0 Å². The maximum absolute atomic E-state index is 6.26. The Morgan fingerprint density at radius 2 is 0.712 bits per heavy atom. The fourth-order valence-electron chi connectivity index (χ4n) is 11.0. The molecule has 14 rings (SSSR count). The molecule has 0 aliphatic carbocycles. The summed E-state index contributed by atoms with van der Waals surface area (Å²) in [6.07, 6.45) is 0. The van der Waals surface area contributed by atoms with Crippen molar-refractivity contribution in [1.82, 2.24) is 4.57 Å². The van der Waals surface area contributed by atoms with Crippen molar-refractivity contribution in [2.24, 2.45) is 0 Å². The smallest absolute Gasteiger partial charge is 0.136 e. The maximum atomic E-state index is 6.26. The van der Waals surface area contributed by atoms with Crippen molar-refractivity contribution >= 4 is 71.6 Å². The molecule has 73 heavy (non-hydrogen) atoms. The molecule has 342 valence electrons. The van der Waals surface area contributed by atoms with Gasteiger partial charge in [0.1, 0.15) is 11.2 Å². The number of rotatable bonds is 9. The highest BCUT2D eigenvalue weighted by Gasteiger charge is 2.17. The Morgan fingerprint density at radius 1 is 0.274 bits per heavy atom. The van der Waals surface area contributed by atoms with Crippen molar-refractivity contribution in [2.75, 3.05) is 4.90 Å². The number of anilines is 3. The molecule has 0 aliphatic heterocycles. The van der Waals surface area contributed by atoms with Crippen LogP contribution in [0.25, 0.3) is 116 Å². The minimum absolute atomic E-state index is 0.902. The number of fused-ring (bicyclic) bond motifs is 7. The molecule has 0 N–H and O–H groups in total. The van der Waals surface area contributed by atoms with Gasteiger partial charge in [-0.1, -0.05) is 194 Å². The van der Waals surface area contributed by atoms with Crippen LogP contribution in [0.15, 0.2) is 283 Å². The molecule has 14 aromatic rings. The molecular weight excluding hydrogens is 885 g/mol. The zero-order chi connectivity index (χ0) is 48.2. The van der Waals surface area contributed by atoms with E-state index in [9.17, 15) is 0 Å². The average Bonchev–Trinajstić information content (AvgIpc) is 4.02. The molecule has 0 fully saturated rings. The molecule has 0 aliphatic rings. The van der Waals surface area contributed by atoms with Crippen LogP contribution in [-0.2, 0) is 0 Å². The van der Waals surface area contributed by atoms with Crippen molar-refractivity contribution < 1.29 is 4.42 Å². The van der Waals surface area contributed by atoms with Gasteiger partial charge < -0.3 is 13.9 Å². The van der Waals surface area contributed by atoms with Gasteiger partial charge in [-0.3, -0.25) is 0 Å². The molecule has 0 saturated heterocycles. The maximum Gasteiger partial charge on any atom is 0.136 e. The van der Waals surface area contributed by atoms with Gasteiger partial charge in [0.2, 0.25) is 0 Å². The highest BCUT2D eigenvalue weighted by Crippen LogP contribution is 2.41. The van der Waals surface area contributed by atoms with Crippen molar-refractivity contribution in [1.29, 1.82) is 0 Å². The van der Waals surface area contributed by atoms with E-state index in [-0.39, 0.29) is 0 Å². The van der Waals surface area contributed by atoms with E-state index in [0.29, 0.717) is 0 Å². The lowest BCUT2D eigenvalue weighted by Gasteiger charge is -2.26. The molecule has 2 aromatic heterocycles. The highest BCUT2D eigenvalue weighted by atomic mass is 16.3. The number of nitrogens with zero attached hydrogens (tertiary/aromatic N) is 2. The van der Waals surface area contributed by atoms with E-state index in [1.165, 1.54) is 66.0 Å². The van der Waals surface area contributed by atoms with Crippen molar-refractivity contribution in [2.45, 2.75) is 0 Å². The molecule has 3 nitrogen and oxygen atoms in total. The van der Waals surface area contributed by atoms with E-state index < -0.39 is 0 Å². The Balaban J connectivity index is 0.782. The first kappa shape index (κ1) is 42.2. The van der Waals surface area contributed by atoms with Gasteiger partial charge in [-0.2, -0.15) is 0 Å². The molecule has 3 heteroatoms. The summed E-state index contributed by atoms with van der Waals surface area (Å²) < 4.78 is 8.64. The monoisotopic (exact) mass is 930 g/mol. The Labute approximate surface area is 423 Å². The minimum atomic E-state index is 0.902. The van der Waals surface area contributed by atoms with Gasteiger partial charge in [-0.15, -0.1) is 0 Å². The van der Waals surface area contributed by atoms with Crippen molar-refractivity contribution in [3.05, 3.63) is 279 Å². The second kappa shape index (κ2) is 17.6.